The van der Waals surface area contributed by atoms with Gasteiger partial charge in [0.2, 0.25) is 0 Å². The average Bonchev–Trinajstić information content (AvgIpc) is 3.78. The minimum atomic E-state index is -0.623. The van der Waals surface area contributed by atoms with Gasteiger partial charge in [-0.2, -0.15) is 6.08 Å². The first kappa shape index (κ1) is 41.3. The van der Waals surface area contributed by atoms with Crippen LogP contribution in [0, 0.1) is 6.08 Å². The van der Waals surface area contributed by atoms with E-state index in [1.54, 1.807) is 0 Å². The van der Waals surface area contributed by atoms with E-state index in [-0.39, 0.29) is 35.6 Å². The molecule has 0 heterocycles. The Morgan fingerprint density at radius 2 is 1.10 bits per heavy atom. The third-order valence-electron chi connectivity index (χ3n) is 9.95. The molecule has 5 heteroatoms. The Morgan fingerprint density at radius 3 is 1.45 bits per heavy atom. The van der Waals surface area contributed by atoms with Crippen molar-refractivity contribution >= 4 is 63.3 Å². The summed E-state index contributed by atoms with van der Waals surface area (Å²) in [4.78, 5) is 0. The molecule has 0 atom stereocenters. The van der Waals surface area contributed by atoms with E-state index in [1.807, 2.05) is 36.4 Å². The normalized spacial score (nSPS) is 15.6. The molecule has 0 aliphatic heterocycles. The van der Waals surface area contributed by atoms with Gasteiger partial charge in [-0.25, -0.2) is 12.2 Å². The monoisotopic (exact) mass is 826 g/mol. The number of rotatable bonds is 2. The van der Waals surface area contributed by atoms with Gasteiger partial charge in [0, 0.05) is 0 Å². The molecule has 8 rings (SSSR count). The predicted molar refractivity (Wildman–Crippen MR) is 214 cm³/mol. The van der Waals surface area contributed by atoms with Crippen LogP contribution in [-0.2, 0) is 33.1 Å². The van der Waals surface area contributed by atoms with Crippen molar-refractivity contribution in [2.75, 3.05) is 0 Å². The largest absolute Gasteiger partial charge is 1.00 e. The second kappa shape index (κ2) is 17.5. The van der Waals surface area contributed by atoms with Gasteiger partial charge in [0.25, 0.3) is 0 Å². The molecule has 0 radical (unpaired) electrons. The van der Waals surface area contributed by atoms with Crippen LogP contribution in [0.5, 0.6) is 0 Å². The molecule has 264 valence electrons. The van der Waals surface area contributed by atoms with Gasteiger partial charge < -0.3 is 24.8 Å². The molecule has 5 aromatic carbocycles. The van der Waals surface area contributed by atoms with E-state index >= 15 is 0 Å². The molecule has 3 aliphatic rings. The van der Waals surface area contributed by atoms with Crippen LogP contribution >= 0.6 is 23.2 Å². The first-order valence-electron chi connectivity index (χ1n) is 17.1. The zero-order valence-corrected chi connectivity index (χ0v) is 35.7. The molecule has 51 heavy (non-hydrogen) atoms. The first-order chi connectivity index (χ1) is 23.4. The Morgan fingerprint density at radius 1 is 0.667 bits per heavy atom. The standard InChI is InChI=1S/C27H29.2C7H5Cl.C5H5.2ClH.Zr/c1-16-7-9-26(3,4)24-12-18-11-19-13-25-21(17(2)8-10-27(25,5)6)15-23(19)22(18)14-20(16)24;2*1-6-2-4-7(8)5-3-6;1-2-4-5-3-1;;;/h7-8,11-15H,9-10H2,1-6H3;2*1-5H;1-3H,4H2;2*1H;/q-1;;;-1;;;/p-2. The molecule has 5 aromatic rings. The second-order valence-electron chi connectivity index (χ2n) is 14.6. The zero-order valence-electron chi connectivity index (χ0n) is 30.2. The van der Waals surface area contributed by atoms with Crippen molar-refractivity contribution in [2.24, 2.45) is 0 Å². The van der Waals surface area contributed by atoms with Crippen molar-refractivity contribution in [3.05, 3.63) is 159 Å². The van der Waals surface area contributed by atoms with Gasteiger partial charge in [-0.05, 0) is 59.8 Å². The van der Waals surface area contributed by atoms with Crippen molar-refractivity contribution < 1.29 is 47.1 Å². The fourth-order valence-electron chi connectivity index (χ4n) is 6.83. The summed E-state index contributed by atoms with van der Waals surface area (Å²) in [5.74, 6) is 0. The molecule has 0 fully saturated rings. The summed E-state index contributed by atoms with van der Waals surface area (Å²) in [6.45, 7) is 14.0. The fraction of sp³-hybridized carbons (Fsp3) is 0.239. The quantitative estimate of drug-likeness (QED) is 0.165. The van der Waals surface area contributed by atoms with E-state index in [4.69, 9.17) is 23.2 Å². The third-order valence-corrected chi connectivity index (χ3v) is 12.9. The van der Waals surface area contributed by atoms with Crippen LogP contribution in [0.4, 0.5) is 0 Å². The molecular weight excluding hydrogens is 786 g/mol. The van der Waals surface area contributed by atoms with E-state index in [0.717, 1.165) is 29.3 Å². The SMILES string of the molecule is CC1=CCC(C)(C)c2cc3[cH-]c4cc5c(cc4c3cc21)C(C)=CCC5(C)C.Clc1ccc([CH]=[Zr]=[CH]c2ccc(Cl)cc2)cc1.[C-]1=CC=CC1.[Cl-].[Cl-]. The van der Waals surface area contributed by atoms with Crippen LogP contribution in [0.1, 0.15) is 94.2 Å². The average molecular weight is 830 g/mol. The van der Waals surface area contributed by atoms with Crippen molar-refractivity contribution in [2.45, 2.75) is 71.6 Å². The zero-order chi connectivity index (χ0) is 34.8. The Hall–Kier alpha value is -2.51. The van der Waals surface area contributed by atoms with Crippen LogP contribution in [0.2, 0.25) is 10.0 Å². The summed E-state index contributed by atoms with van der Waals surface area (Å²) in [5.41, 5.74) is 11.7. The fourth-order valence-corrected chi connectivity index (χ4v) is 9.18. The smallest absolute Gasteiger partial charge is 0.109 e. The van der Waals surface area contributed by atoms with E-state index in [0.29, 0.717) is 0 Å². The molecule has 0 N–H and O–H groups in total. The molecule has 0 nitrogen and oxygen atoms in total. The van der Waals surface area contributed by atoms with E-state index in [1.165, 1.54) is 66.1 Å². The van der Waals surface area contributed by atoms with Crippen LogP contribution in [0.3, 0.4) is 0 Å². The van der Waals surface area contributed by atoms with Gasteiger partial charge in [0.15, 0.2) is 0 Å². The van der Waals surface area contributed by atoms with Gasteiger partial charge in [0.1, 0.15) is 0 Å². The number of benzene rings is 4. The summed E-state index contributed by atoms with van der Waals surface area (Å²) in [7, 11) is 0. The number of halogens is 4. The van der Waals surface area contributed by atoms with Crippen molar-refractivity contribution in [3.8, 4) is 0 Å². The Labute approximate surface area is 338 Å². The minimum Gasteiger partial charge on any atom is -1.00 e. The van der Waals surface area contributed by atoms with Gasteiger partial charge >= 0.3 is 123 Å². The summed E-state index contributed by atoms with van der Waals surface area (Å²) < 4.78 is 4.66. The van der Waals surface area contributed by atoms with Crippen LogP contribution in [0.25, 0.3) is 32.7 Å². The molecular formula is C46H44Cl4Zr-4. The Balaban J connectivity index is 0.000000208. The van der Waals surface area contributed by atoms with Crippen LogP contribution in [-0.4, -0.2) is 7.42 Å². The van der Waals surface area contributed by atoms with Crippen molar-refractivity contribution in [1.29, 1.82) is 0 Å². The first-order valence-corrected chi connectivity index (χ1v) is 20.7. The van der Waals surface area contributed by atoms with Gasteiger partial charge in [0.05, 0.1) is 0 Å². The second-order valence-corrected chi connectivity index (χ2v) is 17.7. The summed E-state index contributed by atoms with van der Waals surface area (Å²) in [5, 5.41) is 7.19. The Bertz CT molecular complexity index is 2050. The maximum atomic E-state index is 5.84. The summed E-state index contributed by atoms with van der Waals surface area (Å²) in [6.07, 6.45) is 17.1. The molecule has 0 saturated carbocycles. The molecule has 0 amide bonds. The summed E-state index contributed by atoms with van der Waals surface area (Å²) in [6, 6.07) is 28.2. The molecule has 0 aromatic heterocycles. The third kappa shape index (κ3) is 9.73. The van der Waals surface area contributed by atoms with E-state index in [2.05, 4.69) is 128 Å². The Kier molecular flexibility index (Phi) is 14.2. The number of allylic oxidation sites excluding steroid dienone is 8. The topological polar surface area (TPSA) is 0 Å². The maximum Gasteiger partial charge on any atom is -0.109 e. The van der Waals surface area contributed by atoms with E-state index < -0.39 is 22.3 Å². The van der Waals surface area contributed by atoms with Gasteiger partial charge in [-0.15, -0.1) is 46.2 Å². The van der Waals surface area contributed by atoms with Crippen molar-refractivity contribution in [1.82, 2.24) is 0 Å². The van der Waals surface area contributed by atoms with Gasteiger partial charge in [-0.1, -0.05) is 63.1 Å². The number of fused-ring (bicyclic) bond motifs is 5. The number of hydrogen-bond donors (Lipinski definition) is 0. The maximum absolute atomic E-state index is 5.84. The van der Waals surface area contributed by atoms with Crippen molar-refractivity contribution in [3.63, 3.8) is 0 Å². The number of hydrogen-bond acceptors (Lipinski definition) is 0. The minimum absolute atomic E-state index is 0. The van der Waals surface area contributed by atoms with Gasteiger partial charge in [-0.3, -0.25) is 6.08 Å². The predicted octanol–water partition coefficient (Wildman–Crippen LogP) is 7.27. The molecule has 0 bridgehead atoms. The molecule has 0 saturated heterocycles. The summed E-state index contributed by atoms with van der Waals surface area (Å²) >= 11 is 11.0. The molecule has 3 aliphatic carbocycles. The molecule has 0 unspecified atom stereocenters. The van der Waals surface area contributed by atoms with Crippen LogP contribution < -0.4 is 24.8 Å². The van der Waals surface area contributed by atoms with E-state index in [9.17, 15) is 0 Å². The molecule has 0 spiro atoms. The van der Waals surface area contributed by atoms with Crippen LogP contribution in [0.15, 0.2) is 109 Å².